The lowest BCUT2D eigenvalue weighted by Crippen LogP contribution is -2.51. The van der Waals surface area contributed by atoms with Gasteiger partial charge in [0.05, 0.1) is 13.2 Å². The Balaban J connectivity index is 1.92. The average Bonchev–Trinajstić information content (AvgIpc) is 2.95. The molecule has 6 nitrogen and oxygen atoms in total. The Kier molecular flexibility index (Phi) is 5.68. The number of amides is 1. The molecule has 2 aromatic rings. The maximum absolute atomic E-state index is 13.2. The van der Waals surface area contributed by atoms with E-state index < -0.39 is 11.5 Å². The highest BCUT2D eigenvalue weighted by Gasteiger charge is 2.49. The van der Waals surface area contributed by atoms with Crippen molar-refractivity contribution in [3.63, 3.8) is 0 Å². The maximum Gasteiger partial charge on any atom is 0.336 e. The van der Waals surface area contributed by atoms with Crippen molar-refractivity contribution in [2.75, 3.05) is 23.4 Å². The predicted molar refractivity (Wildman–Crippen MR) is 108 cm³/mol. The van der Waals surface area contributed by atoms with Gasteiger partial charge >= 0.3 is 5.97 Å². The van der Waals surface area contributed by atoms with E-state index >= 15 is 0 Å². The van der Waals surface area contributed by atoms with Crippen LogP contribution in [0.25, 0.3) is 0 Å². The van der Waals surface area contributed by atoms with Crippen LogP contribution in [0.3, 0.4) is 0 Å². The number of esters is 1. The summed E-state index contributed by atoms with van der Waals surface area (Å²) in [6.45, 7) is 6.17. The second kappa shape index (κ2) is 8.17. The summed E-state index contributed by atoms with van der Waals surface area (Å²) < 4.78 is 10.7. The third-order valence-electron chi connectivity index (χ3n) is 4.47. The summed E-state index contributed by atoms with van der Waals surface area (Å²) in [5.74, 6) is -0.0200. The smallest absolute Gasteiger partial charge is 0.336 e. The number of rotatable bonds is 7. The Bertz CT molecular complexity index is 877. The molecule has 1 atom stereocenters. The number of hydrogen-bond donors (Lipinski definition) is 1. The number of nitrogens with zero attached hydrogens (tertiary/aromatic N) is 1. The van der Waals surface area contributed by atoms with E-state index in [1.54, 1.807) is 32.1 Å². The second-order valence-corrected chi connectivity index (χ2v) is 6.48. The van der Waals surface area contributed by atoms with Gasteiger partial charge in [-0.3, -0.25) is 9.69 Å². The molecule has 1 aliphatic heterocycles. The lowest BCUT2D eigenvalue weighted by atomic mass is 10.0. The molecule has 0 bridgehead atoms. The van der Waals surface area contributed by atoms with E-state index in [1.807, 2.05) is 49.4 Å². The highest BCUT2D eigenvalue weighted by molar-refractivity contribution is 6.16. The summed E-state index contributed by atoms with van der Waals surface area (Å²) in [4.78, 5) is 27.3. The molecule has 1 amide bonds. The van der Waals surface area contributed by atoms with Crippen LogP contribution < -0.4 is 15.0 Å². The van der Waals surface area contributed by atoms with Gasteiger partial charge in [-0.15, -0.1) is 0 Å². The summed E-state index contributed by atoms with van der Waals surface area (Å²) >= 11 is 0. The lowest BCUT2D eigenvalue weighted by molar-refractivity contribution is -0.147. The summed E-state index contributed by atoms with van der Waals surface area (Å²) in [6, 6.07) is 16.4. The van der Waals surface area contributed by atoms with Gasteiger partial charge in [0.2, 0.25) is 0 Å². The van der Waals surface area contributed by atoms with E-state index in [-0.39, 0.29) is 12.5 Å². The van der Waals surface area contributed by atoms with Gasteiger partial charge in [-0.25, -0.2) is 4.79 Å². The Morgan fingerprint density at radius 3 is 2.32 bits per heavy atom. The normalized spacial score (nSPS) is 18.6. The number of anilines is 2. The Morgan fingerprint density at radius 2 is 1.71 bits per heavy atom. The topological polar surface area (TPSA) is 67.9 Å². The third-order valence-corrected chi connectivity index (χ3v) is 4.47. The first-order valence-electron chi connectivity index (χ1n) is 9.29. The van der Waals surface area contributed by atoms with E-state index in [2.05, 4.69) is 5.32 Å². The van der Waals surface area contributed by atoms with Gasteiger partial charge in [0.1, 0.15) is 11.4 Å². The summed E-state index contributed by atoms with van der Waals surface area (Å²) in [6.07, 6.45) is 1.62. The molecule has 1 N–H and O–H groups in total. The van der Waals surface area contributed by atoms with Gasteiger partial charge in [0.25, 0.3) is 5.91 Å². The molecule has 0 unspecified atom stereocenters. The number of ether oxygens (including phenoxy) is 2. The van der Waals surface area contributed by atoms with Crippen molar-refractivity contribution in [3.05, 3.63) is 66.4 Å². The predicted octanol–water partition coefficient (Wildman–Crippen LogP) is 3.75. The number of hydrogen-bond acceptors (Lipinski definition) is 5. The van der Waals surface area contributed by atoms with Gasteiger partial charge in [0.15, 0.2) is 5.54 Å². The molecular weight excluding hydrogens is 356 g/mol. The number of para-hydroxylation sites is 1. The van der Waals surface area contributed by atoms with Crippen LogP contribution in [0.2, 0.25) is 0 Å². The number of carbonyl (C=O) groups excluding carboxylic acids is 2. The fourth-order valence-electron chi connectivity index (χ4n) is 3.17. The van der Waals surface area contributed by atoms with Gasteiger partial charge in [-0.2, -0.15) is 0 Å². The van der Waals surface area contributed by atoms with Crippen molar-refractivity contribution in [3.8, 4) is 5.75 Å². The lowest BCUT2D eigenvalue weighted by Gasteiger charge is -2.32. The fourth-order valence-corrected chi connectivity index (χ4v) is 3.17. The van der Waals surface area contributed by atoms with Crippen molar-refractivity contribution in [1.29, 1.82) is 0 Å². The van der Waals surface area contributed by atoms with E-state index in [4.69, 9.17) is 9.47 Å². The number of nitrogens with one attached hydrogen (secondary N) is 1. The van der Waals surface area contributed by atoms with Crippen LogP contribution in [0.5, 0.6) is 5.75 Å². The van der Waals surface area contributed by atoms with E-state index in [9.17, 15) is 9.59 Å². The molecule has 1 aliphatic rings. The molecule has 2 aromatic carbocycles. The van der Waals surface area contributed by atoms with Crippen molar-refractivity contribution in [1.82, 2.24) is 0 Å². The largest absolute Gasteiger partial charge is 0.494 e. The number of benzene rings is 2. The van der Waals surface area contributed by atoms with E-state index in [1.165, 1.54) is 4.90 Å². The highest BCUT2D eigenvalue weighted by Crippen LogP contribution is 2.35. The summed E-state index contributed by atoms with van der Waals surface area (Å²) in [5.41, 5.74) is 0.442. The van der Waals surface area contributed by atoms with Crippen LogP contribution >= 0.6 is 0 Å². The molecule has 0 fully saturated rings. The Hall–Kier alpha value is -3.28. The van der Waals surface area contributed by atoms with Gasteiger partial charge in [-0.05, 0) is 63.2 Å². The standard InChI is InChI=1S/C22H24N2O4/c1-4-27-18-13-11-16(12-14-18)23-19-15-22(3,21(26)28-5-2)24(20(19)25)17-9-7-6-8-10-17/h6-15,23H,4-5H2,1-3H3/t22-/m1/s1. The Labute approximate surface area is 164 Å². The van der Waals surface area contributed by atoms with Crippen LogP contribution in [-0.2, 0) is 14.3 Å². The van der Waals surface area contributed by atoms with Crippen LogP contribution in [-0.4, -0.2) is 30.6 Å². The van der Waals surface area contributed by atoms with Crippen LogP contribution in [0, 0.1) is 0 Å². The zero-order valence-corrected chi connectivity index (χ0v) is 16.3. The van der Waals surface area contributed by atoms with Crippen LogP contribution in [0.15, 0.2) is 66.4 Å². The molecular formula is C22H24N2O4. The summed E-state index contributed by atoms with van der Waals surface area (Å²) in [5, 5.41) is 3.12. The van der Waals surface area contributed by atoms with Crippen LogP contribution in [0.4, 0.5) is 11.4 Å². The quantitative estimate of drug-likeness (QED) is 0.741. The van der Waals surface area contributed by atoms with Gasteiger partial charge in [-0.1, -0.05) is 18.2 Å². The zero-order valence-electron chi connectivity index (χ0n) is 16.3. The summed E-state index contributed by atoms with van der Waals surface area (Å²) in [7, 11) is 0. The highest BCUT2D eigenvalue weighted by atomic mass is 16.5. The minimum Gasteiger partial charge on any atom is -0.494 e. The molecule has 6 heteroatoms. The van der Waals surface area contributed by atoms with E-state index in [0.29, 0.717) is 18.0 Å². The first-order valence-corrected chi connectivity index (χ1v) is 9.29. The maximum atomic E-state index is 13.2. The first-order chi connectivity index (χ1) is 13.5. The third kappa shape index (κ3) is 3.71. The monoisotopic (exact) mass is 380 g/mol. The number of carbonyl (C=O) groups is 2. The average molecular weight is 380 g/mol. The first kappa shape index (κ1) is 19.5. The molecule has 0 saturated carbocycles. The Morgan fingerprint density at radius 1 is 1.04 bits per heavy atom. The van der Waals surface area contributed by atoms with Crippen molar-refractivity contribution >= 4 is 23.3 Å². The molecule has 28 heavy (non-hydrogen) atoms. The van der Waals surface area contributed by atoms with Gasteiger partial charge < -0.3 is 14.8 Å². The van der Waals surface area contributed by atoms with E-state index in [0.717, 1.165) is 11.4 Å². The minimum atomic E-state index is -1.23. The molecule has 0 aliphatic carbocycles. The second-order valence-electron chi connectivity index (χ2n) is 6.48. The van der Waals surface area contributed by atoms with Crippen molar-refractivity contribution in [2.45, 2.75) is 26.3 Å². The molecule has 0 radical (unpaired) electrons. The molecule has 0 aromatic heterocycles. The molecule has 0 spiro atoms. The minimum absolute atomic E-state index is 0.237. The molecule has 0 saturated heterocycles. The van der Waals surface area contributed by atoms with Crippen LogP contribution in [0.1, 0.15) is 20.8 Å². The SMILES string of the molecule is CCOC(=O)[C@@]1(C)C=C(Nc2ccc(OCC)cc2)C(=O)N1c1ccccc1. The fraction of sp³-hybridized carbons (Fsp3) is 0.273. The zero-order chi connectivity index (χ0) is 20.1. The molecule has 3 rings (SSSR count). The van der Waals surface area contributed by atoms with Crippen molar-refractivity contribution in [2.24, 2.45) is 0 Å². The molecule has 1 heterocycles. The van der Waals surface area contributed by atoms with Gasteiger partial charge in [0, 0.05) is 11.4 Å². The molecule has 146 valence electrons. The van der Waals surface area contributed by atoms with Crippen molar-refractivity contribution < 1.29 is 19.1 Å².